The number of carbonyl (C=O) groups is 1. The Bertz CT molecular complexity index is 859. The van der Waals surface area contributed by atoms with Crippen molar-refractivity contribution >= 4 is 22.5 Å². The smallest absolute Gasteiger partial charge is 0.189 e. The molecule has 3 aromatic rings. The maximum Gasteiger partial charge on any atom is 0.189 e. The van der Waals surface area contributed by atoms with Crippen LogP contribution in [0.25, 0.3) is 16.7 Å². The van der Waals surface area contributed by atoms with Crippen molar-refractivity contribution in [2.45, 2.75) is 0 Å². The molecule has 1 heterocycles. The minimum atomic E-state index is -0.128. The van der Waals surface area contributed by atoms with Crippen molar-refractivity contribution in [1.29, 1.82) is 0 Å². The van der Waals surface area contributed by atoms with Crippen LogP contribution in [0.2, 0.25) is 0 Å². The minimum Gasteiger partial charge on any atom is -0.496 e. The first-order valence-electron chi connectivity index (χ1n) is 7.14. The van der Waals surface area contributed by atoms with Gasteiger partial charge in [0.05, 0.1) is 31.4 Å². The molecule has 4 nitrogen and oxygen atoms in total. The van der Waals surface area contributed by atoms with Crippen LogP contribution in [-0.2, 0) is 4.74 Å². The van der Waals surface area contributed by atoms with Gasteiger partial charge < -0.3 is 13.9 Å². The fraction of sp³-hybridized carbons (Fsp3) is 0.105. The number of hydrogen-bond donors (Lipinski definition) is 0. The number of benzene rings is 2. The lowest BCUT2D eigenvalue weighted by molar-refractivity contribution is 0.104. The number of allylic oxidation sites excluding steroid dienone is 1. The monoisotopic (exact) mass is 308 g/mol. The van der Waals surface area contributed by atoms with Gasteiger partial charge in [0.1, 0.15) is 17.1 Å². The Morgan fingerprint density at radius 1 is 1.04 bits per heavy atom. The van der Waals surface area contributed by atoms with Gasteiger partial charge >= 0.3 is 0 Å². The van der Waals surface area contributed by atoms with Gasteiger partial charge in [-0.05, 0) is 18.2 Å². The first kappa shape index (κ1) is 14.9. The highest BCUT2D eigenvalue weighted by Crippen LogP contribution is 2.35. The molecule has 0 saturated heterocycles. The Balaban J connectivity index is 2.07. The summed E-state index contributed by atoms with van der Waals surface area (Å²) in [5.74, 6) is 0.931. The van der Waals surface area contributed by atoms with Crippen LogP contribution in [-0.4, -0.2) is 20.0 Å². The molecule has 116 valence electrons. The number of methoxy groups -OCH3 is 2. The van der Waals surface area contributed by atoms with Crippen molar-refractivity contribution in [2.75, 3.05) is 14.2 Å². The van der Waals surface area contributed by atoms with Crippen molar-refractivity contribution in [1.82, 2.24) is 0 Å². The van der Waals surface area contributed by atoms with E-state index in [1.165, 1.54) is 13.2 Å². The van der Waals surface area contributed by atoms with Crippen LogP contribution in [0.15, 0.2) is 65.3 Å². The number of ether oxygens (including phenoxy) is 2. The average molecular weight is 308 g/mol. The summed E-state index contributed by atoms with van der Waals surface area (Å²) in [4.78, 5) is 12.4. The second-order valence-corrected chi connectivity index (χ2v) is 4.92. The van der Waals surface area contributed by atoms with E-state index in [1.54, 1.807) is 25.5 Å². The molecule has 0 saturated carbocycles. The number of carbonyl (C=O) groups excluding carboxylic acids is 1. The van der Waals surface area contributed by atoms with Gasteiger partial charge in [0, 0.05) is 11.6 Å². The summed E-state index contributed by atoms with van der Waals surface area (Å²) in [6.07, 6.45) is 3.07. The maximum absolute atomic E-state index is 12.4. The van der Waals surface area contributed by atoms with Gasteiger partial charge in [0.15, 0.2) is 5.78 Å². The van der Waals surface area contributed by atoms with E-state index < -0.39 is 0 Å². The zero-order chi connectivity index (χ0) is 16.2. The molecule has 0 atom stereocenters. The van der Waals surface area contributed by atoms with Gasteiger partial charge in [-0.15, -0.1) is 0 Å². The number of hydrogen-bond acceptors (Lipinski definition) is 4. The zero-order valence-corrected chi connectivity index (χ0v) is 12.9. The second-order valence-electron chi connectivity index (χ2n) is 4.92. The number of fused-ring (bicyclic) bond motifs is 1. The van der Waals surface area contributed by atoms with Gasteiger partial charge in [-0.2, -0.15) is 0 Å². The van der Waals surface area contributed by atoms with E-state index in [2.05, 4.69) is 0 Å². The van der Waals surface area contributed by atoms with Crippen molar-refractivity contribution in [2.24, 2.45) is 0 Å². The molecule has 0 aliphatic carbocycles. The SMILES string of the molecule is CO/C(=C\C(=O)c1ccccc1)c1ccc2occc2c1OC. The molecule has 23 heavy (non-hydrogen) atoms. The van der Waals surface area contributed by atoms with Crippen LogP contribution >= 0.6 is 0 Å². The van der Waals surface area contributed by atoms with E-state index in [0.717, 1.165) is 11.0 Å². The summed E-state index contributed by atoms with van der Waals surface area (Å²) in [7, 11) is 3.11. The minimum absolute atomic E-state index is 0.128. The van der Waals surface area contributed by atoms with Crippen molar-refractivity contribution < 1.29 is 18.7 Å². The molecule has 2 aromatic carbocycles. The van der Waals surface area contributed by atoms with Gasteiger partial charge in [-0.3, -0.25) is 4.79 Å². The first-order chi connectivity index (χ1) is 11.2. The lowest BCUT2D eigenvalue weighted by Crippen LogP contribution is -1.99. The fourth-order valence-corrected chi connectivity index (χ4v) is 2.48. The van der Waals surface area contributed by atoms with E-state index in [0.29, 0.717) is 22.6 Å². The third-order valence-corrected chi connectivity index (χ3v) is 3.60. The molecule has 3 rings (SSSR count). The Kier molecular flexibility index (Phi) is 4.15. The molecule has 0 unspecified atom stereocenters. The number of furan rings is 1. The predicted octanol–water partition coefficient (Wildman–Crippen LogP) is 4.31. The van der Waals surface area contributed by atoms with E-state index in [-0.39, 0.29) is 5.78 Å². The summed E-state index contributed by atoms with van der Waals surface area (Å²) < 4.78 is 16.3. The average Bonchev–Trinajstić information content (AvgIpc) is 3.08. The standard InChI is InChI=1S/C19H16O4/c1-21-18(12-16(20)13-6-4-3-5-7-13)14-8-9-17-15(10-11-23-17)19(14)22-2/h3-12H,1-2H3/b18-12-. The molecule has 0 aliphatic heterocycles. The summed E-state index contributed by atoms with van der Waals surface area (Å²) in [5, 5.41) is 0.833. The Morgan fingerprint density at radius 2 is 1.83 bits per heavy atom. The summed E-state index contributed by atoms with van der Waals surface area (Å²) in [6, 6.07) is 14.5. The first-order valence-corrected chi connectivity index (χ1v) is 7.14. The van der Waals surface area contributed by atoms with Gasteiger partial charge in [-0.25, -0.2) is 0 Å². The molecule has 0 N–H and O–H groups in total. The summed E-state index contributed by atoms with van der Waals surface area (Å²) in [5.41, 5.74) is 2.02. The van der Waals surface area contributed by atoms with Gasteiger partial charge in [-0.1, -0.05) is 30.3 Å². The second kappa shape index (κ2) is 6.40. The van der Waals surface area contributed by atoms with Crippen LogP contribution in [0.4, 0.5) is 0 Å². The molecular weight excluding hydrogens is 292 g/mol. The Labute approximate surface area is 133 Å². The van der Waals surface area contributed by atoms with Crippen molar-refractivity contribution in [3.8, 4) is 5.75 Å². The zero-order valence-electron chi connectivity index (χ0n) is 12.9. The molecule has 0 fully saturated rings. The molecule has 1 aromatic heterocycles. The molecule has 0 bridgehead atoms. The highest BCUT2D eigenvalue weighted by molar-refractivity contribution is 6.08. The topological polar surface area (TPSA) is 48.7 Å². The van der Waals surface area contributed by atoms with Crippen LogP contribution in [0.3, 0.4) is 0 Å². The van der Waals surface area contributed by atoms with E-state index in [9.17, 15) is 4.79 Å². The quantitative estimate of drug-likeness (QED) is 0.400. The number of rotatable bonds is 5. The Hall–Kier alpha value is -3.01. The van der Waals surface area contributed by atoms with Gasteiger partial charge in [0.2, 0.25) is 0 Å². The number of ketones is 1. The summed E-state index contributed by atoms with van der Waals surface area (Å²) >= 11 is 0. The highest BCUT2D eigenvalue weighted by atomic mass is 16.5. The lowest BCUT2D eigenvalue weighted by Gasteiger charge is -2.12. The predicted molar refractivity (Wildman–Crippen MR) is 88.5 cm³/mol. The molecule has 0 aliphatic rings. The summed E-state index contributed by atoms with van der Waals surface area (Å²) in [6.45, 7) is 0. The van der Waals surface area contributed by atoms with Crippen LogP contribution in [0.1, 0.15) is 15.9 Å². The maximum atomic E-state index is 12.4. The van der Waals surface area contributed by atoms with Crippen LogP contribution in [0.5, 0.6) is 5.75 Å². The molecule has 4 heteroatoms. The van der Waals surface area contributed by atoms with E-state index >= 15 is 0 Å². The lowest BCUT2D eigenvalue weighted by atomic mass is 10.1. The van der Waals surface area contributed by atoms with E-state index in [1.807, 2.05) is 36.4 Å². The van der Waals surface area contributed by atoms with Crippen molar-refractivity contribution in [3.05, 3.63) is 72.0 Å². The fourth-order valence-electron chi connectivity index (χ4n) is 2.48. The highest BCUT2D eigenvalue weighted by Gasteiger charge is 2.16. The Morgan fingerprint density at radius 3 is 2.52 bits per heavy atom. The van der Waals surface area contributed by atoms with Crippen molar-refractivity contribution in [3.63, 3.8) is 0 Å². The van der Waals surface area contributed by atoms with Crippen LogP contribution < -0.4 is 4.74 Å². The molecule has 0 radical (unpaired) electrons. The van der Waals surface area contributed by atoms with E-state index in [4.69, 9.17) is 13.9 Å². The molecule has 0 spiro atoms. The third kappa shape index (κ3) is 2.83. The van der Waals surface area contributed by atoms with Crippen LogP contribution in [0, 0.1) is 0 Å². The van der Waals surface area contributed by atoms with Gasteiger partial charge in [0.25, 0.3) is 0 Å². The third-order valence-electron chi connectivity index (χ3n) is 3.60. The molecular formula is C19H16O4. The molecule has 0 amide bonds. The largest absolute Gasteiger partial charge is 0.496 e. The normalized spacial score (nSPS) is 11.5.